The number of ether oxygens (including phenoxy) is 2. The van der Waals surface area contributed by atoms with Gasteiger partial charge < -0.3 is 9.47 Å². The maximum atomic E-state index is 14.0. The highest BCUT2D eigenvalue weighted by atomic mass is 35.5. The van der Waals surface area contributed by atoms with Crippen LogP contribution < -0.4 is 4.74 Å². The Bertz CT molecular complexity index is 1350. The first-order valence-electron chi connectivity index (χ1n) is 9.92. The van der Waals surface area contributed by atoms with Crippen molar-refractivity contribution in [3.8, 4) is 5.75 Å². The lowest BCUT2D eigenvalue weighted by molar-refractivity contribution is -0.124. The average Bonchev–Trinajstić information content (AvgIpc) is 3.08. The van der Waals surface area contributed by atoms with Gasteiger partial charge in [-0.2, -0.15) is 0 Å². The maximum Gasteiger partial charge on any atom is 0.339 e. The van der Waals surface area contributed by atoms with Crippen LogP contribution in [0.5, 0.6) is 5.75 Å². The van der Waals surface area contributed by atoms with Crippen molar-refractivity contribution < 1.29 is 19.1 Å². The number of para-hydroxylation sites is 1. The lowest BCUT2D eigenvalue weighted by Gasteiger charge is -2.43. The summed E-state index contributed by atoms with van der Waals surface area (Å²) in [7, 11) is 0. The van der Waals surface area contributed by atoms with E-state index in [9.17, 15) is 9.59 Å². The highest BCUT2D eigenvalue weighted by molar-refractivity contribution is 6.35. The Morgan fingerprint density at radius 2 is 1.45 bits per heavy atom. The Kier molecular flexibility index (Phi) is 3.77. The lowest BCUT2D eigenvalue weighted by atomic mass is 9.68. The summed E-state index contributed by atoms with van der Waals surface area (Å²) < 4.78 is 12.2. The van der Waals surface area contributed by atoms with Crippen LogP contribution in [0.15, 0.2) is 90.7 Å². The van der Waals surface area contributed by atoms with E-state index in [0.29, 0.717) is 44.4 Å². The summed E-state index contributed by atoms with van der Waals surface area (Å²) in [5.41, 5.74) is 1.58. The van der Waals surface area contributed by atoms with Gasteiger partial charge in [0.1, 0.15) is 17.4 Å². The summed E-state index contributed by atoms with van der Waals surface area (Å²) in [6.45, 7) is 0. The molecule has 0 radical (unpaired) electrons. The molecule has 2 atom stereocenters. The zero-order valence-corrected chi connectivity index (χ0v) is 16.9. The fourth-order valence-electron chi connectivity index (χ4n) is 4.81. The fourth-order valence-corrected chi connectivity index (χ4v) is 5.05. The summed E-state index contributed by atoms with van der Waals surface area (Å²) in [6, 6.07) is 21.8. The maximum absolute atomic E-state index is 14.0. The molecule has 6 rings (SSSR count). The molecule has 150 valence electrons. The number of hydrogen-bond acceptors (Lipinski definition) is 4. The molecule has 1 spiro atoms. The highest BCUT2D eigenvalue weighted by Crippen LogP contribution is 2.57. The Morgan fingerprint density at radius 1 is 0.774 bits per heavy atom. The normalized spacial score (nSPS) is 23.2. The number of Topliss-reactive ketones (excluding diaryl/α,β-unsaturated/α-hetero) is 1. The van der Waals surface area contributed by atoms with Crippen molar-refractivity contribution >= 4 is 28.9 Å². The highest BCUT2D eigenvalue weighted by Gasteiger charge is 2.61. The molecule has 0 bridgehead atoms. The summed E-state index contributed by atoms with van der Waals surface area (Å²) in [5.74, 6) is -0.495. The SMILES string of the molecule is O=C1OC2(c3ccccc3OC3=CC=C(c4ccccc4Cl)C(=O)C32)c2ccccc21. The first-order valence-corrected chi connectivity index (χ1v) is 10.3. The van der Waals surface area contributed by atoms with Gasteiger partial charge in [-0.05, 0) is 30.4 Å². The minimum Gasteiger partial charge on any atom is -0.460 e. The number of allylic oxidation sites excluding steroid dienone is 3. The van der Waals surface area contributed by atoms with Gasteiger partial charge in [0.25, 0.3) is 0 Å². The van der Waals surface area contributed by atoms with Crippen LogP contribution in [0.25, 0.3) is 5.57 Å². The second-order valence-corrected chi connectivity index (χ2v) is 8.10. The zero-order chi connectivity index (χ0) is 21.2. The van der Waals surface area contributed by atoms with E-state index >= 15 is 0 Å². The van der Waals surface area contributed by atoms with Crippen LogP contribution in [-0.2, 0) is 15.1 Å². The molecule has 4 nitrogen and oxygen atoms in total. The lowest BCUT2D eigenvalue weighted by Crippen LogP contribution is -2.47. The summed E-state index contributed by atoms with van der Waals surface area (Å²) >= 11 is 6.40. The number of benzene rings is 3. The van der Waals surface area contributed by atoms with Gasteiger partial charge in [-0.25, -0.2) is 4.79 Å². The Labute approximate surface area is 183 Å². The van der Waals surface area contributed by atoms with Gasteiger partial charge in [0.2, 0.25) is 0 Å². The number of halogens is 1. The third kappa shape index (κ3) is 2.37. The van der Waals surface area contributed by atoms with E-state index in [1.165, 1.54) is 0 Å². The molecule has 0 saturated heterocycles. The summed E-state index contributed by atoms with van der Waals surface area (Å²) in [5, 5.41) is 0.481. The molecule has 3 aromatic rings. The molecule has 2 unspecified atom stereocenters. The van der Waals surface area contributed by atoms with E-state index in [-0.39, 0.29) is 5.78 Å². The molecule has 31 heavy (non-hydrogen) atoms. The minimum atomic E-state index is -1.30. The summed E-state index contributed by atoms with van der Waals surface area (Å²) in [6.07, 6.45) is 3.50. The Morgan fingerprint density at radius 3 is 2.26 bits per heavy atom. The molecular formula is C26H15ClO4. The van der Waals surface area contributed by atoms with Crippen molar-refractivity contribution in [2.24, 2.45) is 5.92 Å². The van der Waals surface area contributed by atoms with Crippen molar-refractivity contribution in [3.63, 3.8) is 0 Å². The molecule has 3 aliphatic rings. The molecule has 0 aromatic heterocycles. The molecule has 0 saturated carbocycles. The third-order valence-corrected chi connectivity index (χ3v) is 6.44. The molecule has 0 N–H and O–H groups in total. The quantitative estimate of drug-likeness (QED) is 0.495. The van der Waals surface area contributed by atoms with Crippen LogP contribution in [0.1, 0.15) is 27.0 Å². The molecule has 3 aromatic carbocycles. The van der Waals surface area contributed by atoms with Gasteiger partial charge in [-0.1, -0.05) is 66.2 Å². The van der Waals surface area contributed by atoms with Crippen molar-refractivity contribution in [3.05, 3.63) is 118 Å². The monoisotopic (exact) mass is 426 g/mol. The predicted molar refractivity (Wildman–Crippen MR) is 116 cm³/mol. The van der Waals surface area contributed by atoms with Crippen LogP contribution in [0.2, 0.25) is 5.02 Å². The van der Waals surface area contributed by atoms with Crippen molar-refractivity contribution in [2.45, 2.75) is 5.60 Å². The molecule has 0 fully saturated rings. The molecule has 1 aliphatic carbocycles. The van der Waals surface area contributed by atoms with Crippen LogP contribution in [0.3, 0.4) is 0 Å². The minimum absolute atomic E-state index is 0.204. The van der Waals surface area contributed by atoms with Crippen LogP contribution >= 0.6 is 11.6 Å². The predicted octanol–water partition coefficient (Wildman–Crippen LogP) is 5.31. The van der Waals surface area contributed by atoms with E-state index in [0.717, 1.165) is 0 Å². The molecule has 0 amide bonds. The van der Waals surface area contributed by atoms with Crippen LogP contribution in [0, 0.1) is 5.92 Å². The van der Waals surface area contributed by atoms with Crippen LogP contribution in [0.4, 0.5) is 0 Å². The van der Waals surface area contributed by atoms with E-state index in [1.807, 2.05) is 54.6 Å². The number of carbonyl (C=O) groups is 2. The van der Waals surface area contributed by atoms with E-state index < -0.39 is 17.5 Å². The average molecular weight is 427 g/mol. The van der Waals surface area contributed by atoms with Gasteiger partial charge in [-0.3, -0.25) is 4.79 Å². The van der Waals surface area contributed by atoms with Crippen molar-refractivity contribution in [1.82, 2.24) is 0 Å². The van der Waals surface area contributed by atoms with E-state index in [4.69, 9.17) is 21.1 Å². The number of rotatable bonds is 1. The smallest absolute Gasteiger partial charge is 0.339 e. The molecule has 2 heterocycles. The van der Waals surface area contributed by atoms with Gasteiger partial charge in [0, 0.05) is 27.3 Å². The number of ketones is 1. The first kappa shape index (κ1) is 18.2. The molecular weight excluding hydrogens is 412 g/mol. The number of carbonyl (C=O) groups excluding carboxylic acids is 2. The Hall–Kier alpha value is -3.63. The van der Waals surface area contributed by atoms with Crippen molar-refractivity contribution in [1.29, 1.82) is 0 Å². The topological polar surface area (TPSA) is 52.6 Å². The van der Waals surface area contributed by atoms with Crippen molar-refractivity contribution in [2.75, 3.05) is 0 Å². The summed E-state index contributed by atoms with van der Waals surface area (Å²) in [4.78, 5) is 26.9. The van der Waals surface area contributed by atoms with Gasteiger partial charge in [0.05, 0.1) is 5.56 Å². The molecule has 2 aliphatic heterocycles. The number of hydrogen-bond donors (Lipinski definition) is 0. The van der Waals surface area contributed by atoms with Gasteiger partial charge in [-0.15, -0.1) is 0 Å². The Balaban J connectivity index is 1.63. The number of esters is 1. The van der Waals surface area contributed by atoms with Crippen LogP contribution in [-0.4, -0.2) is 11.8 Å². The first-order chi connectivity index (χ1) is 15.1. The van der Waals surface area contributed by atoms with Gasteiger partial charge >= 0.3 is 5.97 Å². The fraction of sp³-hybridized carbons (Fsp3) is 0.0769. The zero-order valence-electron chi connectivity index (χ0n) is 16.2. The van der Waals surface area contributed by atoms with E-state index in [2.05, 4.69) is 0 Å². The second-order valence-electron chi connectivity index (χ2n) is 7.70. The second kappa shape index (κ2) is 6.43. The standard InChI is InChI=1S/C26H15ClO4/c27-20-11-5-2-7-15(20)16-13-14-22-23(24(16)28)26(19-10-4-6-12-21(19)30-22)18-9-3-1-8-17(18)25(29)31-26/h1-14,23H. The van der Waals surface area contributed by atoms with Gasteiger partial charge in [0.15, 0.2) is 11.4 Å². The third-order valence-electron chi connectivity index (χ3n) is 6.11. The number of fused-ring (bicyclic) bond motifs is 6. The molecule has 5 heteroatoms. The largest absolute Gasteiger partial charge is 0.460 e. The van der Waals surface area contributed by atoms with E-state index in [1.54, 1.807) is 30.4 Å².